The van der Waals surface area contributed by atoms with Gasteiger partial charge in [0.05, 0.1) is 0 Å². The molecule has 0 bridgehead atoms. The average molecular weight is 726 g/mol. The molecule has 2 atom stereocenters. The maximum absolute atomic E-state index is 15.0. The van der Waals surface area contributed by atoms with Crippen molar-refractivity contribution in [2.24, 2.45) is 5.92 Å². The summed E-state index contributed by atoms with van der Waals surface area (Å²) in [5, 5.41) is 14.0. The molecule has 0 fully saturated rings. The summed E-state index contributed by atoms with van der Waals surface area (Å²) in [6.07, 6.45) is 7.40. The van der Waals surface area contributed by atoms with Gasteiger partial charge in [-0.3, -0.25) is 0 Å². The van der Waals surface area contributed by atoms with Crippen LogP contribution in [0.1, 0.15) is 23.6 Å². The van der Waals surface area contributed by atoms with Crippen LogP contribution in [0.5, 0.6) is 0 Å². The van der Waals surface area contributed by atoms with Crippen LogP contribution in [0.2, 0.25) is 0 Å². The number of hydrogen-bond acceptors (Lipinski definition) is 3. The number of anilines is 1. The largest absolute Gasteiger partial charge is 0.463 e. The average Bonchev–Trinajstić information content (AvgIpc) is 3.66. The molecule has 3 nitrogen and oxygen atoms in total. The molecule has 2 unspecified atom stereocenters. The molecule has 3 aliphatic rings. The Kier molecular flexibility index (Phi) is 7.34. The van der Waals surface area contributed by atoms with Crippen LogP contribution in [0.15, 0.2) is 200 Å². The maximum Gasteiger partial charge on any atom is 0.171 e. The van der Waals surface area contributed by atoms with Gasteiger partial charge in [-0.15, -0.1) is 0 Å². The van der Waals surface area contributed by atoms with Crippen molar-refractivity contribution in [3.63, 3.8) is 0 Å². The second kappa shape index (κ2) is 12.6. The minimum Gasteiger partial charge on any atom is -0.463 e. The lowest BCUT2D eigenvalue weighted by molar-refractivity contribution is 0.285. The van der Waals surface area contributed by atoms with E-state index in [1.54, 1.807) is 0 Å². The highest BCUT2D eigenvalue weighted by molar-refractivity contribution is 7.85. The molecular weight excluding hydrogens is 690 g/mol. The Morgan fingerprint density at radius 3 is 1.76 bits per heavy atom. The summed E-state index contributed by atoms with van der Waals surface area (Å²) in [6, 6.07) is 59.0. The van der Waals surface area contributed by atoms with Crippen LogP contribution < -0.4 is 21.2 Å². The van der Waals surface area contributed by atoms with E-state index < -0.39 is 7.14 Å². The Morgan fingerprint density at radius 1 is 0.545 bits per heavy atom. The van der Waals surface area contributed by atoms with E-state index in [-0.39, 0.29) is 12.0 Å². The van der Waals surface area contributed by atoms with Crippen molar-refractivity contribution in [2.45, 2.75) is 12.5 Å². The molecule has 0 spiro atoms. The second-order valence-corrected chi connectivity index (χ2v) is 17.5. The number of rotatable bonds is 5. The third-order valence-electron chi connectivity index (χ3n) is 11.7. The third-order valence-corrected chi connectivity index (χ3v) is 14.8. The summed E-state index contributed by atoms with van der Waals surface area (Å²) in [4.78, 5) is 0. The van der Waals surface area contributed by atoms with Crippen LogP contribution in [0.4, 0.5) is 5.69 Å². The minimum absolute atomic E-state index is 0.163. The number of hydrogen-bond donors (Lipinski definition) is 1. The van der Waals surface area contributed by atoms with E-state index in [0.717, 1.165) is 50.7 Å². The summed E-state index contributed by atoms with van der Waals surface area (Å²) in [5.41, 5.74) is 6.89. The molecule has 0 amide bonds. The molecule has 1 N–H and O–H groups in total. The molecule has 8 aromatic carbocycles. The van der Waals surface area contributed by atoms with Gasteiger partial charge in [-0.2, -0.15) is 0 Å². The van der Waals surface area contributed by atoms with Crippen LogP contribution >= 0.6 is 7.14 Å². The van der Waals surface area contributed by atoms with Crippen molar-refractivity contribution in [2.75, 3.05) is 5.32 Å². The molecule has 0 aromatic heterocycles. The van der Waals surface area contributed by atoms with Crippen LogP contribution in [-0.2, 0) is 9.30 Å². The molecular formula is C51H36NO2P. The summed E-state index contributed by atoms with van der Waals surface area (Å²) >= 11 is 0. The highest BCUT2D eigenvalue weighted by Crippen LogP contribution is 2.54. The number of fused-ring (bicyclic) bond motifs is 10. The molecule has 2 heterocycles. The summed E-state index contributed by atoms with van der Waals surface area (Å²) in [6.45, 7) is 0. The first-order valence-corrected chi connectivity index (χ1v) is 20.7. The number of nitrogens with one attached hydrogen (secondary N) is 1. The Hall–Kier alpha value is -6.41. The van der Waals surface area contributed by atoms with Crippen LogP contribution in [0.25, 0.3) is 49.0 Å². The monoisotopic (exact) mass is 725 g/mol. The zero-order chi connectivity index (χ0) is 36.5. The summed E-state index contributed by atoms with van der Waals surface area (Å²) < 4.78 is 21.8. The first kappa shape index (κ1) is 32.1. The molecule has 0 saturated heterocycles. The van der Waals surface area contributed by atoms with Gasteiger partial charge >= 0.3 is 0 Å². The van der Waals surface area contributed by atoms with Crippen molar-refractivity contribution in [3.8, 4) is 11.1 Å². The summed E-state index contributed by atoms with van der Waals surface area (Å²) in [5.74, 6) is 2.20. The predicted octanol–water partition coefficient (Wildman–Crippen LogP) is 11.8. The standard InChI is InChI=1S/C51H36NO2P/c53-55(36-13-3-1-4-14-36,37-15-5-2-6-16-37)38-27-23-33(24-28-38)34-25-30-44-47(32-34)52-50(51-49(44)45-21-11-12-22-48(45)54-51)35-26-29-43-41-19-8-7-17-39(41)40-18-9-10-20-42(40)46(43)31-35/h1-20,22-32,45,50,52H,21H2. The SMILES string of the molecule is O=P(c1ccccc1)(c1ccccc1)c1ccc(-c2ccc3c(c2)NC(c2ccc4c5ccccc5c5ccccc5c4c2)C2=C3C3CC=CC=C3O2)cc1. The highest BCUT2D eigenvalue weighted by Gasteiger charge is 2.41. The van der Waals surface area contributed by atoms with Gasteiger partial charge in [0.15, 0.2) is 7.14 Å². The first-order valence-electron chi connectivity index (χ1n) is 19.0. The molecule has 1 aliphatic carbocycles. The normalized spacial score (nSPS) is 17.3. The number of benzene rings is 8. The van der Waals surface area contributed by atoms with Gasteiger partial charge < -0.3 is 14.6 Å². The summed E-state index contributed by atoms with van der Waals surface area (Å²) in [7, 11) is -3.07. The Labute approximate surface area is 320 Å². The maximum atomic E-state index is 15.0. The van der Waals surface area contributed by atoms with Crippen molar-refractivity contribution in [3.05, 3.63) is 211 Å². The lowest BCUT2D eigenvalue weighted by Gasteiger charge is -2.30. The van der Waals surface area contributed by atoms with Crippen LogP contribution in [0.3, 0.4) is 0 Å². The van der Waals surface area contributed by atoms with E-state index in [1.807, 2.05) is 72.8 Å². The van der Waals surface area contributed by atoms with Gasteiger partial charge in [-0.25, -0.2) is 0 Å². The molecule has 8 aromatic rings. The first-order chi connectivity index (χ1) is 27.1. The van der Waals surface area contributed by atoms with E-state index >= 15 is 4.57 Å². The number of allylic oxidation sites excluding steroid dienone is 4. The van der Waals surface area contributed by atoms with E-state index in [2.05, 4.69) is 121 Å². The molecule has 4 heteroatoms. The van der Waals surface area contributed by atoms with E-state index in [9.17, 15) is 0 Å². The van der Waals surface area contributed by atoms with Gasteiger partial charge in [0.2, 0.25) is 0 Å². The Balaban J connectivity index is 1.02. The molecule has 262 valence electrons. The Morgan fingerprint density at radius 2 is 1.11 bits per heavy atom. The molecule has 2 aliphatic heterocycles. The lowest BCUT2D eigenvalue weighted by Crippen LogP contribution is -2.24. The Bertz CT molecular complexity index is 2900. The zero-order valence-corrected chi connectivity index (χ0v) is 30.9. The van der Waals surface area contributed by atoms with Crippen molar-refractivity contribution in [1.29, 1.82) is 0 Å². The van der Waals surface area contributed by atoms with Crippen molar-refractivity contribution >= 4 is 66.6 Å². The molecule has 0 radical (unpaired) electrons. The van der Waals surface area contributed by atoms with E-state index in [0.29, 0.717) is 0 Å². The molecule has 11 rings (SSSR count). The molecule has 0 saturated carbocycles. The number of ether oxygens (including phenoxy) is 1. The smallest absolute Gasteiger partial charge is 0.171 e. The quantitative estimate of drug-likeness (QED) is 0.142. The van der Waals surface area contributed by atoms with Crippen molar-refractivity contribution < 1.29 is 9.30 Å². The van der Waals surface area contributed by atoms with Gasteiger partial charge in [-0.1, -0.05) is 170 Å². The van der Waals surface area contributed by atoms with Gasteiger partial charge in [0.1, 0.15) is 17.6 Å². The van der Waals surface area contributed by atoms with Gasteiger partial charge in [0.25, 0.3) is 0 Å². The van der Waals surface area contributed by atoms with Gasteiger partial charge in [-0.05, 0) is 73.6 Å². The highest BCUT2D eigenvalue weighted by atomic mass is 31.2. The van der Waals surface area contributed by atoms with Gasteiger partial charge in [0, 0.05) is 38.7 Å². The van der Waals surface area contributed by atoms with Crippen LogP contribution in [0, 0.1) is 5.92 Å². The minimum atomic E-state index is -3.07. The fourth-order valence-corrected chi connectivity index (χ4v) is 11.7. The van der Waals surface area contributed by atoms with E-state index in [1.165, 1.54) is 49.0 Å². The fourth-order valence-electron chi connectivity index (χ4n) is 9.09. The predicted molar refractivity (Wildman–Crippen MR) is 230 cm³/mol. The van der Waals surface area contributed by atoms with Crippen LogP contribution in [-0.4, -0.2) is 0 Å². The zero-order valence-electron chi connectivity index (χ0n) is 30.0. The fraction of sp³-hybridized carbons (Fsp3) is 0.0588. The lowest BCUT2D eigenvalue weighted by atomic mass is 9.82. The van der Waals surface area contributed by atoms with E-state index in [4.69, 9.17) is 4.74 Å². The third kappa shape index (κ3) is 5.00. The topological polar surface area (TPSA) is 38.3 Å². The molecule has 55 heavy (non-hydrogen) atoms. The second-order valence-electron chi connectivity index (χ2n) is 14.7. The van der Waals surface area contributed by atoms with Crippen molar-refractivity contribution in [1.82, 2.24) is 0 Å².